The molecule has 1 N–H and O–H groups in total. The zero-order valence-electron chi connectivity index (χ0n) is 15.9. The predicted octanol–water partition coefficient (Wildman–Crippen LogP) is 2.86. The minimum absolute atomic E-state index is 0.107. The summed E-state index contributed by atoms with van der Waals surface area (Å²) in [6.45, 7) is 2.88. The number of hydrogen-bond donors (Lipinski definition) is 1. The number of methoxy groups -OCH3 is 1. The van der Waals surface area contributed by atoms with Crippen LogP contribution < -0.4 is 10.9 Å². The topological polar surface area (TPSA) is 73.2 Å². The molecule has 1 amide bonds. The second-order valence-corrected chi connectivity index (χ2v) is 7.25. The quantitative estimate of drug-likeness (QED) is 0.359. The van der Waals surface area contributed by atoms with E-state index in [1.165, 1.54) is 11.8 Å². The molecule has 0 aliphatic carbocycles. The van der Waals surface area contributed by atoms with Gasteiger partial charge >= 0.3 is 0 Å². The molecular weight excluding hydrogens is 374 g/mol. The zero-order valence-corrected chi connectivity index (χ0v) is 16.7. The molecule has 146 valence electrons. The van der Waals surface area contributed by atoms with Crippen LogP contribution >= 0.6 is 11.8 Å². The van der Waals surface area contributed by atoms with Crippen molar-refractivity contribution in [3.8, 4) is 0 Å². The van der Waals surface area contributed by atoms with Gasteiger partial charge in [0.1, 0.15) is 0 Å². The molecule has 0 saturated heterocycles. The van der Waals surface area contributed by atoms with E-state index in [4.69, 9.17) is 4.74 Å². The summed E-state index contributed by atoms with van der Waals surface area (Å²) in [5, 5.41) is 3.88. The number of amides is 1. The first-order chi connectivity index (χ1) is 13.6. The normalized spacial score (nSPS) is 12.1. The highest BCUT2D eigenvalue weighted by Crippen LogP contribution is 2.24. The van der Waals surface area contributed by atoms with Gasteiger partial charge in [0.25, 0.3) is 5.56 Å². The lowest BCUT2D eigenvalue weighted by Crippen LogP contribution is -2.30. The molecule has 6 nitrogen and oxygen atoms in total. The first-order valence-electron chi connectivity index (χ1n) is 9.06. The van der Waals surface area contributed by atoms with Crippen molar-refractivity contribution in [3.63, 3.8) is 0 Å². The van der Waals surface area contributed by atoms with Gasteiger partial charge in [0.05, 0.1) is 29.3 Å². The Balaban J connectivity index is 1.95. The number of benzene rings is 2. The lowest BCUT2D eigenvalue weighted by Gasteiger charge is -2.20. The van der Waals surface area contributed by atoms with Crippen LogP contribution in [0.2, 0.25) is 0 Å². The highest BCUT2D eigenvalue weighted by Gasteiger charge is 2.18. The Kier molecular flexibility index (Phi) is 6.84. The van der Waals surface area contributed by atoms with Gasteiger partial charge in [-0.15, -0.1) is 0 Å². The minimum Gasteiger partial charge on any atom is -0.383 e. The first kappa shape index (κ1) is 20.1. The van der Waals surface area contributed by atoms with E-state index in [1.54, 1.807) is 17.7 Å². The maximum Gasteiger partial charge on any atom is 0.262 e. The fourth-order valence-electron chi connectivity index (χ4n) is 2.92. The summed E-state index contributed by atoms with van der Waals surface area (Å²) in [7, 11) is 1.59. The Morgan fingerprint density at radius 2 is 1.89 bits per heavy atom. The van der Waals surface area contributed by atoms with E-state index >= 15 is 0 Å². The van der Waals surface area contributed by atoms with Gasteiger partial charge in [0.2, 0.25) is 5.91 Å². The first-order valence-corrected chi connectivity index (χ1v) is 10.0. The van der Waals surface area contributed by atoms with Crippen molar-refractivity contribution in [3.05, 3.63) is 70.5 Å². The van der Waals surface area contributed by atoms with Crippen molar-refractivity contribution >= 4 is 28.6 Å². The Bertz CT molecular complexity index is 1000. The average Bonchev–Trinajstić information content (AvgIpc) is 2.73. The van der Waals surface area contributed by atoms with Crippen LogP contribution in [-0.4, -0.2) is 41.5 Å². The van der Waals surface area contributed by atoms with Gasteiger partial charge in [0.15, 0.2) is 5.16 Å². The molecule has 0 aliphatic rings. The van der Waals surface area contributed by atoms with Crippen LogP contribution in [0.25, 0.3) is 10.9 Å². The number of fused-ring (bicyclic) bond motifs is 1. The van der Waals surface area contributed by atoms with E-state index in [0.717, 1.165) is 5.56 Å². The van der Waals surface area contributed by atoms with Crippen LogP contribution in [0.15, 0.2) is 64.5 Å². The molecule has 2 aromatic carbocycles. The van der Waals surface area contributed by atoms with E-state index < -0.39 is 0 Å². The Labute approximate surface area is 167 Å². The van der Waals surface area contributed by atoms with E-state index in [2.05, 4.69) is 10.3 Å². The molecule has 28 heavy (non-hydrogen) atoms. The van der Waals surface area contributed by atoms with E-state index in [1.807, 2.05) is 55.5 Å². The van der Waals surface area contributed by atoms with Crippen LogP contribution in [-0.2, 0) is 9.53 Å². The summed E-state index contributed by atoms with van der Waals surface area (Å²) < 4.78 is 6.61. The molecule has 0 fully saturated rings. The number of carbonyl (C=O) groups is 1. The summed E-state index contributed by atoms with van der Waals surface area (Å²) in [5.74, 6) is 0.0547. The second-order valence-electron chi connectivity index (χ2n) is 6.30. The van der Waals surface area contributed by atoms with Crippen molar-refractivity contribution in [2.24, 2.45) is 0 Å². The van der Waals surface area contributed by atoms with E-state index in [9.17, 15) is 9.59 Å². The summed E-state index contributed by atoms with van der Waals surface area (Å²) in [6.07, 6.45) is 0. The maximum absolute atomic E-state index is 13.2. The van der Waals surface area contributed by atoms with Gasteiger partial charge in [-0.2, -0.15) is 0 Å². The number of aromatic nitrogens is 2. The molecule has 1 heterocycles. The largest absolute Gasteiger partial charge is 0.383 e. The van der Waals surface area contributed by atoms with Crippen LogP contribution in [0, 0.1) is 0 Å². The third-order valence-electron chi connectivity index (χ3n) is 4.41. The lowest BCUT2D eigenvalue weighted by atomic mass is 10.1. The number of hydrogen-bond acceptors (Lipinski definition) is 5. The highest BCUT2D eigenvalue weighted by molar-refractivity contribution is 7.99. The van der Waals surface area contributed by atoms with Crippen LogP contribution in [0.3, 0.4) is 0 Å². The number of nitrogens with one attached hydrogen (secondary N) is 1. The number of carbonyl (C=O) groups excluding carboxylic acids is 1. The average molecular weight is 398 g/mol. The maximum atomic E-state index is 13.2. The zero-order chi connectivity index (χ0) is 19.9. The number of rotatable bonds is 8. The third kappa shape index (κ3) is 4.61. The summed E-state index contributed by atoms with van der Waals surface area (Å²) in [5.41, 5.74) is 1.53. The molecule has 3 aromatic rings. The van der Waals surface area contributed by atoms with Crippen molar-refractivity contribution in [1.82, 2.24) is 14.9 Å². The van der Waals surface area contributed by atoms with Crippen molar-refractivity contribution in [1.29, 1.82) is 0 Å². The standard InChI is InChI=1S/C21H23N3O3S/c1-15(16-8-4-3-5-9-16)24-20(26)17-10-6-7-11-18(17)23-21(24)28-14-19(25)22-12-13-27-2/h3-11,15H,12-14H2,1-2H3,(H,22,25)/t15-/m1/s1. The number of thioether (sulfide) groups is 1. The molecule has 0 aliphatic heterocycles. The summed E-state index contributed by atoms with van der Waals surface area (Å²) >= 11 is 1.26. The Morgan fingerprint density at radius 1 is 1.18 bits per heavy atom. The van der Waals surface area contributed by atoms with Gasteiger partial charge in [-0.25, -0.2) is 4.98 Å². The molecule has 0 radical (unpaired) electrons. The van der Waals surface area contributed by atoms with Gasteiger partial charge in [0, 0.05) is 13.7 Å². The molecule has 0 spiro atoms. The molecule has 1 aromatic heterocycles. The Morgan fingerprint density at radius 3 is 2.64 bits per heavy atom. The fraction of sp³-hybridized carbons (Fsp3) is 0.286. The lowest BCUT2D eigenvalue weighted by molar-refractivity contribution is -0.118. The van der Waals surface area contributed by atoms with Crippen LogP contribution in [0.4, 0.5) is 0 Å². The summed E-state index contributed by atoms with van der Waals surface area (Å²) in [6, 6.07) is 16.9. The fourth-order valence-corrected chi connectivity index (χ4v) is 3.83. The SMILES string of the molecule is COCCNC(=O)CSc1nc2ccccc2c(=O)n1[C@H](C)c1ccccc1. The molecule has 7 heteroatoms. The molecular formula is C21H23N3O3S. The third-order valence-corrected chi connectivity index (χ3v) is 5.36. The molecule has 0 bridgehead atoms. The number of para-hydroxylation sites is 1. The predicted molar refractivity (Wildman–Crippen MR) is 112 cm³/mol. The van der Waals surface area contributed by atoms with E-state index in [0.29, 0.717) is 29.2 Å². The smallest absolute Gasteiger partial charge is 0.262 e. The van der Waals surface area contributed by atoms with Gasteiger partial charge in [-0.3, -0.25) is 14.2 Å². The van der Waals surface area contributed by atoms with Gasteiger partial charge in [-0.1, -0.05) is 54.2 Å². The van der Waals surface area contributed by atoms with Gasteiger partial charge < -0.3 is 10.1 Å². The van der Waals surface area contributed by atoms with Crippen molar-refractivity contribution in [2.75, 3.05) is 26.0 Å². The van der Waals surface area contributed by atoms with Crippen LogP contribution in [0.1, 0.15) is 18.5 Å². The van der Waals surface area contributed by atoms with Crippen LogP contribution in [0.5, 0.6) is 0 Å². The highest BCUT2D eigenvalue weighted by atomic mass is 32.2. The molecule has 3 rings (SSSR count). The molecule has 1 atom stereocenters. The minimum atomic E-state index is -0.204. The van der Waals surface area contributed by atoms with E-state index in [-0.39, 0.29) is 23.3 Å². The number of nitrogens with zero attached hydrogens (tertiary/aromatic N) is 2. The monoisotopic (exact) mass is 397 g/mol. The number of ether oxygens (including phenoxy) is 1. The summed E-state index contributed by atoms with van der Waals surface area (Å²) in [4.78, 5) is 30.0. The molecule has 0 saturated carbocycles. The molecule has 0 unspecified atom stereocenters. The Hall–Kier alpha value is -2.64. The second kappa shape index (κ2) is 9.52. The van der Waals surface area contributed by atoms with Gasteiger partial charge in [-0.05, 0) is 24.6 Å². The van der Waals surface area contributed by atoms with Crippen molar-refractivity contribution < 1.29 is 9.53 Å². The van der Waals surface area contributed by atoms with Crippen molar-refractivity contribution in [2.45, 2.75) is 18.1 Å².